The van der Waals surface area contributed by atoms with Crippen LogP contribution in [0.1, 0.15) is 27.0 Å². The van der Waals surface area contributed by atoms with Gasteiger partial charge in [-0.25, -0.2) is 9.82 Å². The monoisotopic (exact) mass is 396 g/mol. The molecule has 3 aromatic carbocycles. The van der Waals surface area contributed by atoms with Crippen LogP contribution in [0.4, 0.5) is 4.39 Å². The summed E-state index contributed by atoms with van der Waals surface area (Å²) in [7, 11) is 0. The van der Waals surface area contributed by atoms with Gasteiger partial charge in [-0.15, -0.1) is 0 Å². The van der Waals surface area contributed by atoms with Crippen LogP contribution < -0.4 is 5.43 Å². The van der Waals surface area contributed by atoms with Crippen molar-refractivity contribution in [1.29, 1.82) is 5.26 Å². The zero-order valence-corrected chi connectivity index (χ0v) is 15.9. The van der Waals surface area contributed by atoms with Crippen molar-refractivity contribution in [2.75, 3.05) is 0 Å². The molecule has 0 aliphatic rings. The van der Waals surface area contributed by atoms with Crippen LogP contribution in [0.3, 0.4) is 0 Å². The third-order valence-electron chi connectivity index (χ3n) is 4.73. The molecule has 0 aliphatic heterocycles. The Morgan fingerprint density at radius 3 is 2.63 bits per heavy atom. The van der Waals surface area contributed by atoms with E-state index in [1.807, 2.05) is 54.7 Å². The largest absolute Gasteiger partial charge is 0.342 e. The SMILES string of the molecule is N#Cc1ccc(C(=O)N/N=C\c2cn(Cc3ccccc3)c3ccccc23)c(F)c1. The van der Waals surface area contributed by atoms with Crippen LogP contribution in [0.5, 0.6) is 0 Å². The van der Waals surface area contributed by atoms with E-state index >= 15 is 0 Å². The molecule has 6 heteroatoms. The van der Waals surface area contributed by atoms with Gasteiger partial charge in [-0.2, -0.15) is 10.4 Å². The lowest BCUT2D eigenvalue weighted by Crippen LogP contribution is -2.19. The molecule has 0 saturated heterocycles. The average molecular weight is 396 g/mol. The minimum absolute atomic E-state index is 0.152. The fourth-order valence-electron chi connectivity index (χ4n) is 3.28. The number of hydrazone groups is 1. The van der Waals surface area contributed by atoms with Gasteiger partial charge in [-0.05, 0) is 29.8 Å². The van der Waals surface area contributed by atoms with Crippen molar-refractivity contribution < 1.29 is 9.18 Å². The van der Waals surface area contributed by atoms with Gasteiger partial charge in [0, 0.05) is 29.2 Å². The van der Waals surface area contributed by atoms with Gasteiger partial charge in [0.15, 0.2) is 0 Å². The fourth-order valence-corrected chi connectivity index (χ4v) is 3.28. The Balaban J connectivity index is 1.56. The molecule has 1 heterocycles. The zero-order valence-electron chi connectivity index (χ0n) is 15.9. The minimum atomic E-state index is -0.763. The Hall–Kier alpha value is -4.24. The maximum atomic E-state index is 14.0. The van der Waals surface area contributed by atoms with E-state index in [9.17, 15) is 9.18 Å². The summed E-state index contributed by atoms with van der Waals surface area (Å²) in [5.74, 6) is -1.44. The quantitative estimate of drug-likeness (QED) is 0.400. The first-order valence-corrected chi connectivity index (χ1v) is 9.30. The van der Waals surface area contributed by atoms with Gasteiger partial charge in [0.1, 0.15) is 5.82 Å². The Kier molecular flexibility index (Phi) is 5.35. The summed E-state index contributed by atoms with van der Waals surface area (Å²) in [6, 6.07) is 23.6. The van der Waals surface area contributed by atoms with E-state index in [1.165, 1.54) is 17.7 Å². The number of hydrogen-bond acceptors (Lipinski definition) is 3. The van der Waals surface area contributed by atoms with Crippen LogP contribution in [0.2, 0.25) is 0 Å². The van der Waals surface area contributed by atoms with E-state index in [4.69, 9.17) is 5.26 Å². The number of nitrogens with one attached hydrogen (secondary N) is 1. The molecule has 0 aliphatic carbocycles. The third kappa shape index (κ3) is 3.96. The molecule has 0 saturated carbocycles. The third-order valence-corrected chi connectivity index (χ3v) is 4.73. The minimum Gasteiger partial charge on any atom is -0.342 e. The number of para-hydroxylation sites is 1. The van der Waals surface area contributed by atoms with Crippen molar-refractivity contribution in [3.8, 4) is 6.07 Å². The second kappa shape index (κ2) is 8.41. The van der Waals surface area contributed by atoms with Gasteiger partial charge in [0.2, 0.25) is 0 Å². The summed E-state index contributed by atoms with van der Waals surface area (Å²) in [6.45, 7) is 0.706. The Bertz CT molecular complexity index is 1290. The Morgan fingerprint density at radius 2 is 1.87 bits per heavy atom. The first kappa shape index (κ1) is 19.1. The molecule has 0 atom stereocenters. The molecule has 0 radical (unpaired) electrons. The standard InChI is InChI=1S/C24H17FN4O/c25-22-12-18(13-26)10-11-21(22)24(30)28-27-14-19-16-29(15-17-6-2-1-3-7-17)23-9-5-4-8-20(19)23/h1-12,14,16H,15H2,(H,28,30)/b27-14-. The number of nitriles is 1. The number of carbonyl (C=O) groups is 1. The number of benzene rings is 3. The van der Waals surface area contributed by atoms with E-state index in [-0.39, 0.29) is 11.1 Å². The van der Waals surface area contributed by atoms with Gasteiger partial charge in [0.25, 0.3) is 5.91 Å². The van der Waals surface area contributed by atoms with E-state index in [0.29, 0.717) is 6.54 Å². The average Bonchev–Trinajstić information content (AvgIpc) is 3.11. The molecule has 5 nitrogen and oxygen atoms in total. The van der Waals surface area contributed by atoms with Crippen molar-refractivity contribution in [1.82, 2.24) is 9.99 Å². The number of rotatable bonds is 5. The summed E-state index contributed by atoms with van der Waals surface area (Å²) in [5.41, 5.74) is 5.39. The molecule has 30 heavy (non-hydrogen) atoms. The number of carbonyl (C=O) groups excluding carboxylic acids is 1. The molecule has 4 aromatic rings. The second-order valence-electron chi connectivity index (χ2n) is 6.72. The van der Waals surface area contributed by atoms with E-state index in [2.05, 4.69) is 27.2 Å². The summed E-state index contributed by atoms with van der Waals surface area (Å²) in [5, 5.41) is 13.8. The highest BCUT2D eigenvalue weighted by Gasteiger charge is 2.12. The lowest BCUT2D eigenvalue weighted by molar-refractivity contribution is 0.0951. The molecule has 4 rings (SSSR count). The highest BCUT2D eigenvalue weighted by molar-refractivity contribution is 6.00. The van der Waals surface area contributed by atoms with Crippen LogP contribution >= 0.6 is 0 Å². The summed E-state index contributed by atoms with van der Waals surface area (Å²) < 4.78 is 16.1. The molecule has 1 amide bonds. The van der Waals surface area contributed by atoms with Gasteiger partial charge in [-0.1, -0.05) is 48.5 Å². The number of aromatic nitrogens is 1. The van der Waals surface area contributed by atoms with Crippen molar-refractivity contribution in [3.05, 3.63) is 107 Å². The number of amides is 1. The summed E-state index contributed by atoms with van der Waals surface area (Å²) in [6.07, 6.45) is 3.51. The van der Waals surface area contributed by atoms with Crippen LogP contribution in [0.25, 0.3) is 10.9 Å². The predicted octanol–water partition coefficient (Wildman–Crippen LogP) is 4.46. The molecule has 1 aromatic heterocycles. The molecule has 146 valence electrons. The first-order valence-electron chi connectivity index (χ1n) is 9.30. The molecule has 0 spiro atoms. The lowest BCUT2D eigenvalue weighted by atomic mass is 10.1. The Labute approximate surface area is 172 Å². The van der Waals surface area contributed by atoms with Gasteiger partial charge < -0.3 is 4.57 Å². The molecular formula is C24H17FN4O. The maximum absolute atomic E-state index is 14.0. The zero-order chi connectivity index (χ0) is 20.9. The number of hydrogen-bond donors (Lipinski definition) is 1. The van der Waals surface area contributed by atoms with E-state index in [1.54, 1.807) is 6.21 Å². The molecular weight excluding hydrogens is 379 g/mol. The first-order chi connectivity index (χ1) is 14.7. The van der Waals surface area contributed by atoms with Gasteiger partial charge in [-0.3, -0.25) is 4.79 Å². The molecule has 0 fully saturated rings. The van der Waals surface area contributed by atoms with Crippen molar-refractivity contribution in [2.24, 2.45) is 5.10 Å². The summed E-state index contributed by atoms with van der Waals surface area (Å²) in [4.78, 5) is 12.2. The molecule has 0 unspecified atom stereocenters. The maximum Gasteiger partial charge on any atom is 0.274 e. The van der Waals surface area contributed by atoms with E-state index < -0.39 is 11.7 Å². The van der Waals surface area contributed by atoms with Gasteiger partial charge in [0.05, 0.1) is 23.4 Å². The number of nitrogens with zero attached hydrogens (tertiary/aromatic N) is 3. The number of halogens is 1. The smallest absolute Gasteiger partial charge is 0.274 e. The lowest BCUT2D eigenvalue weighted by Gasteiger charge is -2.05. The van der Waals surface area contributed by atoms with Crippen molar-refractivity contribution >= 4 is 23.0 Å². The topological polar surface area (TPSA) is 70.2 Å². The van der Waals surface area contributed by atoms with Crippen molar-refractivity contribution in [3.63, 3.8) is 0 Å². The van der Waals surface area contributed by atoms with E-state index in [0.717, 1.165) is 22.5 Å². The molecule has 1 N–H and O–H groups in total. The Morgan fingerprint density at radius 1 is 1.10 bits per heavy atom. The highest BCUT2D eigenvalue weighted by Crippen LogP contribution is 2.21. The normalized spacial score (nSPS) is 10.9. The predicted molar refractivity (Wildman–Crippen MR) is 114 cm³/mol. The van der Waals surface area contributed by atoms with Gasteiger partial charge >= 0.3 is 0 Å². The molecule has 0 bridgehead atoms. The van der Waals surface area contributed by atoms with Crippen LogP contribution in [0, 0.1) is 17.1 Å². The van der Waals surface area contributed by atoms with Crippen molar-refractivity contribution in [2.45, 2.75) is 6.54 Å². The number of fused-ring (bicyclic) bond motifs is 1. The van der Waals surface area contributed by atoms with Crippen LogP contribution in [-0.2, 0) is 6.54 Å². The summed E-state index contributed by atoms with van der Waals surface area (Å²) >= 11 is 0. The highest BCUT2D eigenvalue weighted by atomic mass is 19.1. The second-order valence-corrected chi connectivity index (χ2v) is 6.72. The fraction of sp³-hybridized carbons (Fsp3) is 0.0417. The van der Waals surface area contributed by atoms with Crippen LogP contribution in [-0.4, -0.2) is 16.7 Å². The van der Waals surface area contributed by atoms with Crippen LogP contribution in [0.15, 0.2) is 84.1 Å².